The average molecular weight is 328 g/mol. The predicted octanol–water partition coefficient (Wildman–Crippen LogP) is 1.97. The van der Waals surface area contributed by atoms with Crippen molar-refractivity contribution in [2.45, 2.75) is 38.6 Å². The van der Waals surface area contributed by atoms with Gasteiger partial charge in [0.15, 0.2) is 5.69 Å². The minimum absolute atomic E-state index is 0. The molecule has 1 amide bonds. The summed E-state index contributed by atoms with van der Waals surface area (Å²) in [5, 5.41) is 11.7. The Hall–Kier alpha value is -1.40. The molecule has 0 unspecified atom stereocenters. The minimum Gasteiger partial charge on any atom is -0.340 e. The maximum Gasteiger partial charge on any atom is 0.276 e. The summed E-state index contributed by atoms with van der Waals surface area (Å²) in [6.45, 7) is 8.34. The summed E-state index contributed by atoms with van der Waals surface area (Å²) in [6, 6.07) is 0.353. The molecular weight excluding hydrogens is 302 g/mol. The third kappa shape index (κ3) is 4.30. The first-order valence-corrected chi connectivity index (χ1v) is 7.64. The highest BCUT2D eigenvalue weighted by Crippen LogP contribution is 2.20. The molecule has 1 saturated heterocycles. The molecule has 1 aliphatic heterocycles. The van der Waals surface area contributed by atoms with Crippen LogP contribution in [0, 0.1) is 6.92 Å². The summed E-state index contributed by atoms with van der Waals surface area (Å²) in [7, 11) is 1.81. The number of piperidine rings is 1. The first-order chi connectivity index (χ1) is 10.1. The zero-order valence-electron chi connectivity index (χ0n) is 13.4. The van der Waals surface area contributed by atoms with E-state index in [0.29, 0.717) is 18.3 Å². The summed E-state index contributed by atoms with van der Waals surface area (Å²) in [6.07, 6.45) is 5.78. The summed E-state index contributed by atoms with van der Waals surface area (Å²) in [5.74, 6) is -0.0447. The van der Waals surface area contributed by atoms with E-state index < -0.39 is 0 Å². The number of rotatable bonds is 6. The molecule has 6 nitrogen and oxygen atoms in total. The number of carbonyl (C=O) groups is 1. The van der Waals surface area contributed by atoms with Crippen LogP contribution in [0.15, 0.2) is 12.7 Å². The molecule has 7 heteroatoms. The van der Waals surface area contributed by atoms with Gasteiger partial charge in [-0.3, -0.25) is 4.79 Å². The second-order valence-corrected chi connectivity index (χ2v) is 5.61. The van der Waals surface area contributed by atoms with E-state index in [4.69, 9.17) is 0 Å². The van der Waals surface area contributed by atoms with Gasteiger partial charge in [0.25, 0.3) is 5.91 Å². The fourth-order valence-electron chi connectivity index (χ4n) is 2.69. The predicted molar refractivity (Wildman–Crippen MR) is 89.5 cm³/mol. The molecule has 0 spiro atoms. The van der Waals surface area contributed by atoms with Crippen LogP contribution >= 0.6 is 12.4 Å². The fourth-order valence-corrected chi connectivity index (χ4v) is 2.69. The zero-order valence-corrected chi connectivity index (χ0v) is 14.2. The molecule has 2 heterocycles. The fraction of sp³-hybridized carbons (Fsp3) is 0.667. The quantitative estimate of drug-likeness (QED) is 0.641. The van der Waals surface area contributed by atoms with Crippen molar-refractivity contribution in [3.8, 4) is 0 Å². The Morgan fingerprint density at radius 3 is 2.82 bits per heavy atom. The minimum atomic E-state index is -0.0447. The van der Waals surface area contributed by atoms with Gasteiger partial charge in [-0.05, 0) is 45.7 Å². The molecule has 1 fully saturated rings. The molecule has 0 aromatic carbocycles. The Morgan fingerprint density at radius 1 is 1.50 bits per heavy atom. The molecule has 1 aliphatic rings. The highest BCUT2D eigenvalue weighted by atomic mass is 35.5. The van der Waals surface area contributed by atoms with Gasteiger partial charge < -0.3 is 10.2 Å². The second kappa shape index (κ2) is 8.90. The Labute approximate surface area is 138 Å². The number of hydrogen-bond acceptors (Lipinski definition) is 4. The SMILES string of the molecule is C=CCCCN(C)C(=O)c1nnn(C2CCNCC2)c1C.Cl. The maximum absolute atomic E-state index is 12.4. The topological polar surface area (TPSA) is 63.1 Å². The largest absolute Gasteiger partial charge is 0.340 e. The monoisotopic (exact) mass is 327 g/mol. The van der Waals surface area contributed by atoms with E-state index >= 15 is 0 Å². The van der Waals surface area contributed by atoms with Gasteiger partial charge in [0.05, 0.1) is 11.7 Å². The van der Waals surface area contributed by atoms with Crippen LogP contribution in [0.25, 0.3) is 0 Å². The number of amides is 1. The van der Waals surface area contributed by atoms with E-state index in [1.807, 2.05) is 24.7 Å². The Morgan fingerprint density at radius 2 is 2.18 bits per heavy atom. The number of unbranched alkanes of at least 4 members (excludes halogenated alkanes) is 1. The molecule has 0 radical (unpaired) electrons. The first-order valence-electron chi connectivity index (χ1n) is 7.64. The Kier molecular flexibility index (Phi) is 7.55. The molecule has 0 aliphatic carbocycles. The van der Waals surface area contributed by atoms with Crippen molar-refractivity contribution >= 4 is 18.3 Å². The van der Waals surface area contributed by atoms with Gasteiger partial charge in [-0.2, -0.15) is 0 Å². The van der Waals surface area contributed by atoms with Crippen LogP contribution in [0.3, 0.4) is 0 Å². The molecule has 1 aromatic rings. The lowest BCUT2D eigenvalue weighted by molar-refractivity contribution is 0.0787. The van der Waals surface area contributed by atoms with Crippen molar-refractivity contribution in [1.82, 2.24) is 25.2 Å². The number of nitrogens with zero attached hydrogens (tertiary/aromatic N) is 4. The maximum atomic E-state index is 12.4. The summed E-state index contributed by atoms with van der Waals surface area (Å²) in [5.41, 5.74) is 1.36. The van der Waals surface area contributed by atoms with Gasteiger partial charge >= 0.3 is 0 Å². The van der Waals surface area contributed by atoms with Crippen molar-refractivity contribution in [3.05, 3.63) is 24.0 Å². The number of carbonyl (C=O) groups excluding carboxylic acids is 1. The van der Waals surface area contributed by atoms with Crippen LogP contribution in [0.1, 0.15) is 47.9 Å². The van der Waals surface area contributed by atoms with Crippen molar-refractivity contribution < 1.29 is 4.79 Å². The number of aromatic nitrogens is 3. The number of hydrogen-bond donors (Lipinski definition) is 1. The average Bonchev–Trinajstić information content (AvgIpc) is 2.89. The van der Waals surface area contributed by atoms with Crippen LogP contribution in [-0.2, 0) is 0 Å². The summed E-state index contributed by atoms with van der Waals surface area (Å²) in [4.78, 5) is 14.1. The van der Waals surface area contributed by atoms with Gasteiger partial charge in [0, 0.05) is 13.6 Å². The lowest BCUT2D eigenvalue weighted by atomic mass is 10.1. The third-order valence-corrected chi connectivity index (χ3v) is 4.03. The molecule has 0 atom stereocenters. The van der Waals surface area contributed by atoms with Crippen molar-refractivity contribution in [2.24, 2.45) is 0 Å². The molecule has 1 aromatic heterocycles. The lowest BCUT2D eigenvalue weighted by Gasteiger charge is -2.23. The van der Waals surface area contributed by atoms with Gasteiger partial charge in [0.1, 0.15) is 0 Å². The van der Waals surface area contributed by atoms with Crippen LogP contribution in [0.4, 0.5) is 0 Å². The molecular formula is C15H26ClN5O. The van der Waals surface area contributed by atoms with Crippen LogP contribution in [0.5, 0.6) is 0 Å². The molecule has 22 heavy (non-hydrogen) atoms. The van der Waals surface area contributed by atoms with Crippen LogP contribution in [0.2, 0.25) is 0 Å². The van der Waals surface area contributed by atoms with Crippen LogP contribution < -0.4 is 5.32 Å². The van der Waals surface area contributed by atoms with E-state index in [1.54, 1.807) is 4.90 Å². The van der Waals surface area contributed by atoms with E-state index in [2.05, 4.69) is 22.2 Å². The van der Waals surface area contributed by atoms with E-state index in [-0.39, 0.29) is 18.3 Å². The number of allylic oxidation sites excluding steroid dienone is 1. The van der Waals surface area contributed by atoms with Crippen molar-refractivity contribution in [3.63, 3.8) is 0 Å². The number of nitrogens with one attached hydrogen (secondary N) is 1. The zero-order chi connectivity index (χ0) is 15.2. The normalized spacial score (nSPS) is 15.2. The second-order valence-electron chi connectivity index (χ2n) is 5.61. The van der Waals surface area contributed by atoms with Gasteiger partial charge in [-0.15, -0.1) is 24.1 Å². The van der Waals surface area contributed by atoms with Crippen molar-refractivity contribution in [2.75, 3.05) is 26.7 Å². The lowest BCUT2D eigenvalue weighted by Crippen LogP contribution is -2.31. The van der Waals surface area contributed by atoms with Gasteiger partial charge in [-0.25, -0.2) is 4.68 Å². The summed E-state index contributed by atoms with van der Waals surface area (Å²) < 4.78 is 1.92. The highest BCUT2D eigenvalue weighted by molar-refractivity contribution is 5.93. The molecule has 2 rings (SSSR count). The van der Waals surface area contributed by atoms with Gasteiger partial charge in [-0.1, -0.05) is 11.3 Å². The standard InChI is InChI=1S/C15H25N5O.ClH/c1-4-5-6-11-19(3)15(21)14-12(2)20(18-17-14)13-7-9-16-10-8-13;/h4,13,16H,1,5-11H2,2-3H3;1H. The van der Waals surface area contributed by atoms with E-state index in [1.165, 1.54) is 0 Å². The highest BCUT2D eigenvalue weighted by Gasteiger charge is 2.24. The first kappa shape index (κ1) is 18.6. The van der Waals surface area contributed by atoms with Crippen LogP contribution in [-0.4, -0.2) is 52.5 Å². The third-order valence-electron chi connectivity index (χ3n) is 4.03. The van der Waals surface area contributed by atoms with Gasteiger partial charge in [0.2, 0.25) is 0 Å². The molecule has 1 N–H and O–H groups in total. The van der Waals surface area contributed by atoms with E-state index in [9.17, 15) is 4.79 Å². The van der Waals surface area contributed by atoms with Crippen molar-refractivity contribution in [1.29, 1.82) is 0 Å². The molecule has 124 valence electrons. The van der Waals surface area contributed by atoms with E-state index in [0.717, 1.165) is 44.5 Å². The number of halogens is 1. The Balaban J connectivity index is 0.00000242. The molecule has 0 saturated carbocycles. The smallest absolute Gasteiger partial charge is 0.276 e. The summed E-state index contributed by atoms with van der Waals surface area (Å²) >= 11 is 0. The Bertz CT molecular complexity index is 496. The molecule has 0 bridgehead atoms.